The van der Waals surface area contributed by atoms with Gasteiger partial charge in [-0.2, -0.15) is 4.57 Å². The first-order valence-electron chi connectivity index (χ1n) is 10.1. The van der Waals surface area contributed by atoms with Crippen molar-refractivity contribution in [3.8, 4) is 0 Å². The Kier molecular flexibility index (Phi) is 10.3. The molecule has 1 aromatic carbocycles. The number of aryl methyl sites for hydroxylation is 1. The SMILES string of the molecule is CC(=O)[O-].CC(=O)[O-].C[n+]1c(/C=C2/C=CN(CCC[N+](C)(C)C)C=N2)oc2ccccc21. The van der Waals surface area contributed by atoms with E-state index in [2.05, 4.69) is 43.3 Å². The van der Waals surface area contributed by atoms with Gasteiger partial charge in [0.15, 0.2) is 0 Å². The third kappa shape index (κ3) is 10.5. The Morgan fingerprint density at radius 1 is 1.16 bits per heavy atom. The minimum absolute atomic E-state index is 0.798. The van der Waals surface area contributed by atoms with Gasteiger partial charge in [-0.1, -0.05) is 12.1 Å². The first kappa shape index (κ1) is 26.6. The number of carboxylic acids is 2. The number of aliphatic imine (C=N–C) groups is 1. The lowest BCUT2D eigenvalue weighted by Gasteiger charge is -2.25. The first-order chi connectivity index (χ1) is 14.9. The lowest BCUT2D eigenvalue weighted by molar-refractivity contribution is -0.870. The highest BCUT2D eigenvalue weighted by Gasteiger charge is 2.17. The second-order valence-electron chi connectivity index (χ2n) is 8.19. The van der Waals surface area contributed by atoms with E-state index < -0.39 is 11.9 Å². The second-order valence-corrected chi connectivity index (χ2v) is 8.19. The topological polar surface area (TPSA) is 113 Å². The highest BCUT2D eigenvalue weighted by Crippen LogP contribution is 2.16. The maximum Gasteiger partial charge on any atom is 0.376 e. The molecule has 1 aromatic heterocycles. The number of oxazole rings is 1. The molecule has 0 N–H and O–H groups in total. The predicted octanol–water partition coefficient (Wildman–Crippen LogP) is 0.0645. The van der Waals surface area contributed by atoms with Crippen LogP contribution >= 0.6 is 0 Å². The van der Waals surface area contributed by atoms with Crippen LogP contribution in [0, 0.1) is 0 Å². The third-order valence-corrected chi connectivity index (χ3v) is 4.08. The van der Waals surface area contributed by atoms with E-state index in [0.29, 0.717) is 0 Å². The smallest absolute Gasteiger partial charge is 0.376 e. The molecule has 0 saturated heterocycles. The van der Waals surface area contributed by atoms with Crippen LogP contribution in [0.25, 0.3) is 17.2 Å². The molecule has 9 nitrogen and oxygen atoms in total. The van der Waals surface area contributed by atoms with Crippen LogP contribution in [0.1, 0.15) is 26.2 Å². The van der Waals surface area contributed by atoms with Gasteiger partial charge in [0.05, 0.1) is 45.8 Å². The Bertz CT molecular complexity index is 963. The maximum atomic E-state index is 8.89. The largest absolute Gasteiger partial charge is 0.550 e. The number of hydrogen-bond donors (Lipinski definition) is 0. The molecule has 1 aliphatic rings. The molecule has 1 aliphatic heterocycles. The minimum atomic E-state index is -1.08. The number of fused-ring (bicyclic) bond motifs is 1. The fraction of sp³-hybridized carbons (Fsp3) is 0.391. The van der Waals surface area contributed by atoms with Crippen LogP contribution in [0.4, 0.5) is 0 Å². The molecule has 2 heterocycles. The lowest BCUT2D eigenvalue weighted by atomic mass is 10.3. The van der Waals surface area contributed by atoms with E-state index in [1.165, 1.54) is 0 Å². The van der Waals surface area contributed by atoms with Crippen molar-refractivity contribution in [3.05, 3.63) is 48.1 Å². The van der Waals surface area contributed by atoms with Gasteiger partial charge in [-0.05, 0) is 26.0 Å². The van der Waals surface area contributed by atoms with Crippen LogP contribution in [-0.4, -0.2) is 61.9 Å². The molecule has 0 saturated carbocycles. The van der Waals surface area contributed by atoms with Gasteiger partial charge in [0, 0.05) is 37.2 Å². The van der Waals surface area contributed by atoms with Crippen LogP contribution in [0.5, 0.6) is 0 Å². The molecule has 0 amide bonds. The number of quaternary nitrogens is 1. The number of carboxylic acid groups (broad SMARTS) is 2. The molecule has 9 heteroatoms. The van der Waals surface area contributed by atoms with Crippen LogP contribution in [0.15, 0.2) is 51.6 Å². The molecule has 174 valence electrons. The van der Waals surface area contributed by atoms with E-state index in [1.54, 1.807) is 0 Å². The van der Waals surface area contributed by atoms with Crippen molar-refractivity contribution < 1.29 is 33.3 Å². The van der Waals surface area contributed by atoms with E-state index in [4.69, 9.17) is 24.2 Å². The van der Waals surface area contributed by atoms with Crippen LogP contribution in [-0.2, 0) is 16.6 Å². The Hall–Kier alpha value is -3.46. The minimum Gasteiger partial charge on any atom is -0.550 e. The second kappa shape index (κ2) is 12.4. The lowest BCUT2D eigenvalue weighted by Crippen LogP contribution is -2.36. The number of hydrogen-bond acceptors (Lipinski definition) is 7. The molecule has 0 aliphatic carbocycles. The Morgan fingerprint density at radius 3 is 2.25 bits per heavy atom. The summed E-state index contributed by atoms with van der Waals surface area (Å²) in [6.45, 7) is 4.08. The zero-order chi connectivity index (χ0) is 24.3. The number of aliphatic carboxylic acids is 2. The molecule has 2 aromatic rings. The summed E-state index contributed by atoms with van der Waals surface area (Å²) in [6.07, 6.45) is 9.11. The van der Waals surface area contributed by atoms with Gasteiger partial charge in [-0.3, -0.25) is 0 Å². The summed E-state index contributed by atoms with van der Waals surface area (Å²) in [5.74, 6) is -1.37. The number of nitrogens with zero attached hydrogens (tertiary/aromatic N) is 4. The van der Waals surface area contributed by atoms with Crippen molar-refractivity contribution in [1.82, 2.24) is 4.90 Å². The fourth-order valence-corrected chi connectivity index (χ4v) is 2.71. The van der Waals surface area contributed by atoms with Gasteiger partial charge in [0.25, 0.3) is 5.52 Å². The summed E-state index contributed by atoms with van der Waals surface area (Å²) in [7, 11) is 8.66. The average Bonchev–Trinajstić information content (AvgIpc) is 2.97. The normalized spacial score (nSPS) is 13.9. The molecule has 0 atom stereocenters. The van der Waals surface area contributed by atoms with Gasteiger partial charge >= 0.3 is 5.89 Å². The van der Waals surface area contributed by atoms with Gasteiger partial charge in [-0.25, -0.2) is 4.99 Å². The van der Waals surface area contributed by atoms with Crippen LogP contribution < -0.4 is 14.8 Å². The number of para-hydroxylation sites is 2. The van der Waals surface area contributed by atoms with E-state index in [-0.39, 0.29) is 0 Å². The van der Waals surface area contributed by atoms with Gasteiger partial charge in [0.2, 0.25) is 5.58 Å². The standard InChI is InChI=1S/C19H26N4O.2C2H4O2/c1-21-17-8-5-6-9-18(17)24-19(21)14-16-10-12-22(15-20-16)11-7-13-23(2,3)4;2*1-2(3)4/h5-6,8-10,12,14-15H,7,11,13H2,1-4H3;2*1H3,(H,3,4)/q+2;;/p-2. The number of rotatable bonds is 5. The van der Waals surface area contributed by atoms with Gasteiger partial charge < -0.3 is 33.6 Å². The maximum absolute atomic E-state index is 8.89. The zero-order valence-electron chi connectivity index (χ0n) is 19.6. The van der Waals surface area contributed by atoms with Crippen LogP contribution in [0.3, 0.4) is 0 Å². The quantitative estimate of drug-likeness (QED) is 0.476. The summed E-state index contributed by atoms with van der Waals surface area (Å²) in [5, 5.41) is 17.8. The average molecular weight is 445 g/mol. The molecule has 0 unspecified atom stereocenters. The number of carbonyl (C=O) groups excluding carboxylic acids is 2. The summed E-state index contributed by atoms with van der Waals surface area (Å²) >= 11 is 0. The summed E-state index contributed by atoms with van der Waals surface area (Å²) in [4.78, 5) is 24.4. The van der Waals surface area contributed by atoms with Crippen molar-refractivity contribution in [2.75, 3.05) is 34.2 Å². The van der Waals surface area contributed by atoms with Crippen molar-refractivity contribution in [3.63, 3.8) is 0 Å². The molecule has 32 heavy (non-hydrogen) atoms. The number of carbonyl (C=O) groups is 2. The zero-order valence-corrected chi connectivity index (χ0v) is 19.6. The Balaban J connectivity index is 0.000000554. The predicted molar refractivity (Wildman–Crippen MR) is 119 cm³/mol. The molecular weight excluding hydrogens is 412 g/mol. The highest BCUT2D eigenvalue weighted by molar-refractivity contribution is 5.70. The first-order valence-corrected chi connectivity index (χ1v) is 10.1. The molecule has 0 spiro atoms. The Labute approximate surface area is 188 Å². The number of aromatic nitrogens is 1. The fourth-order valence-electron chi connectivity index (χ4n) is 2.71. The van der Waals surface area contributed by atoms with Crippen LogP contribution in [0.2, 0.25) is 0 Å². The van der Waals surface area contributed by atoms with Crippen molar-refractivity contribution in [2.45, 2.75) is 20.3 Å². The summed E-state index contributed by atoms with van der Waals surface area (Å²) in [5.41, 5.74) is 2.86. The molecular formula is C23H32N4O5. The molecule has 0 radical (unpaired) electrons. The number of benzene rings is 1. The van der Waals surface area contributed by atoms with E-state index >= 15 is 0 Å². The molecule has 3 rings (SSSR count). The molecule has 0 bridgehead atoms. The van der Waals surface area contributed by atoms with Crippen molar-refractivity contribution in [1.29, 1.82) is 0 Å². The third-order valence-electron chi connectivity index (χ3n) is 4.08. The molecule has 0 fully saturated rings. The van der Waals surface area contributed by atoms with Crippen molar-refractivity contribution in [2.24, 2.45) is 12.0 Å². The van der Waals surface area contributed by atoms with E-state index in [9.17, 15) is 0 Å². The monoisotopic (exact) mass is 444 g/mol. The van der Waals surface area contributed by atoms with E-state index in [1.807, 2.05) is 48.3 Å². The highest BCUT2D eigenvalue weighted by atomic mass is 16.4. The summed E-state index contributed by atoms with van der Waals surface area (Å²) < 4.78 is 8.92. The number of allylic oxidation sites excluding steroid dienone is 1. The summed E-state index contributed by atoms with van der Waals surface area (Å²) in [6, 6.07) is 8.03. The van der Waals surface area contributed by atoms with Crippen molar-refractivity contribution >= 4 is 35.5 Å². The van der Waals surface area contributed by atoms with Gasteiger partial charge in [-0.15, -0.1) is 0 Å². The Morgan fingerprint density at radius 2 is 1.75 bits per heavy atom. The van der Waals surface area contributed by atoms with Gasteiger partial charge in [0.1, 0.15) is 7.05 Å². The van der Waals surface area contributed by atoms with E-state index in [0.717, 1.165) is 60.5 Å².